The van der Waals surface area contributed by atoms with Crippen LogP contribution in [0.1, 0.15) is 86.5 Å². The molecule has 0 spiro atoms. The molecule has 0 bridgehead atoms. The predicted octanol–water partition coefficient (Wildman–Crippen LogP) is 3.91. The molecule has 5 N–H and O–H groups in total. The lowest BCUT2D eigenvalue weighted by molar-refractivity contribution is -0.266. The van der Waals surface area contributed by atoms with Crippen LogP contribution >= 0.6 is 0 Å². The van der Waals surface area contributed by atoms with Crippen molar-refractivity contribution in [3.8, 4) is 0 Å². The van der Waals surface area contributed by atoms with Crippen molar-refractivity contribution in [3.05, 3.63) is 11.6 Å². The highest BCUT2D eigenvalue weighted by molar-refractivity contribution is 5.34. The smallest absolute Gasteiger partial charge is 0.105 e. The molecule has 13 atom stereocenters. The summed E-state index contributed by atoms with van der Waals surface area (Å²) in [6, 6.07) is 0. The molecule has 5 heteroatoms. The van der Waals surface area contributed by atoms with Gasteiger partial charge in [0.1, 0.15) is 5.60 Å². The summed E-state index contributed by atoms with van der Waals surface area (Å²) in [6.07, 6.45) is 4.82. The number of hydrogen-bond acceptors (Lipinski definition) is 5. The van der Waals surface area contributed by atoms with Gasteiger partial charge >= 0.3 is 0 Å². The quantitative estimate of drug-likeness (QED) is 0.376. The monoisotopic (exact) mass is 490 g/mol. The first-order valence-corrected chi connectivity index (χ1v) is 14.3. The Balaban J connectivity index is 1.47. The Morgan fingerprint density at radius 1 is 0.943 bits per heavy atom. The van der Waals surface area contributed by atoms with Gasteiger partial charge in [0.2, 0.25) is 0 Å². The minimum Gasteiger partial charge on any atom is -0.396 e. The first-order valence-electron chi connectivity index (χ1n) is 14.3. The van der Waals surface area contributed by atoms with Crippen molar-refractivity contribution in [2.75, 3.05) is 6.61 Å². The molecule has 5 nitrogen and oxygen atoms in total. The molecule has 200 valence electrons. The van der Waals surface area contributed by atoms with Crippen LogP contribution in [0.2, 0.25) is 0 Å². The number of fused-ring (bicyclic) bond motifs is 5. The molecule has 0 radical (unpaired) electrons. The second-order valence-corrected chi connectivity index (χ2v) is 14.4. The topological polar surface area (TPSA) is 101 Å². The van der Waals surface area contributed by atoms with Crippen molar-refractivity contribution in [2.45, 2.75) is 110 Å². The Morgan fingerprint density at radius 3 is 2.26 bits per heavy atom. The maximum atomic E-state index is 12.4. The van der Waals surface area contributed by atoms with Crippen LogP contribution in [0.25, 0.3) is 0 Å². The first-order chi connectivity index (χ1) is 16.3. The van der Waals surface area contributed by atoms with Crippen LogP contribution in [0.5, 0.6) is 0 Å². The molecule has 5 aliphatic rings. The van der Waals surface area contributed by atoms with E-state index in [1.54, 1.807) is 0 Å². The molecule has 0 aromatic carbocycles. The van der Waals surface area contributed by atoms with E-state index in [1.807, 2.05) is 6.92 Å². The maximum Gasteiger partial charge on any atom is 0.105 e. The van der Waals surface area contributed by atoms with E-state index in [9.17, 15) is 25.5 Å². The van der Waals surface area contributed by atoms with Crippen LogP contribution in [-0.4, -0.2) is 56.1 Å². The van der Waals surface area contributed by atoms with Crippen molar-refractivity contribution in [1.82, 2.24) is 0 Å². The molecular weight excluding hydrogens is 440 g/mol. The van der Waals surface area contributed by atoms with Crippen LogP contribution in [0.15, 0.2) is 11.6 Å². The summed E-state index contributed by atoms with van der Waals surface area (Å²) in [7, 11) is 0. The van der Waals surface area contributed by atoms with Gasteiger partial charge in [0.15, 0.2) is 0 Å². The summed E-state index contributed by atoms with van der Waals surface area (Å²) < 4.78 is 0. The van der Waals surface area contributed by atoms with Crippen LogP contribution in [-0.2, 0) is 0 Å². The highest BCUT2D eigenvalue weighted by Crippen LogP contribution is 2.72. The molecule has 0 aliphatic heterocycles. The van der Waals surface area contributed by atoms with Gasteiger partial charge in [-0.25, -0.2) is 0 Å². The molecule has 0 heterocycles. The van der Waals surface area contributed by atoms with Crippen molar-refractivity contribution in [2.24, 2.45) is 57.7 Å². The van der Waals surface area contributed by atoms with Crippen molar-refractivity contribution < 1.29 is 25.5 Å². The average Bonchev–Trinajstić information content (AvgIpc) is 3.35. The zero-order valence-electron chi connectivity index (χ0n) is 22.7. The van der Waals surface area contributed by atoms with E-state index >= 15 is 0 Å². The van der Waals surface area contributed by atoms with Gasteiger partial charge in [-0.05, 0) is 90.8 Å². The van der Waals surface area contributed by atoms with E-state index in [2.05, 4.69) is 40.7 Å². The lowest BCUT2D eigenvalue weighted by atomic mass is 9.43. The molecule has 4 saturated carbocycles. The van der Waals surface area contributed by atoms with E-state index in [-0.39, 0.29) is 41.6 Å². The van der Waals surface area contributed by atoms with Gasteiger partial charge in [-0.2, -0.15) is 0 Å². The number of aliphatic hydroxyl groups is 5. The minimum atomic E-state index is -1.40. The molecule has 5 rings (SSSR count). The average molecular weight is 491 g/mol. The van der Waals surface area contributed by atoms with E-state index in [1.165, 1.54) is 6.42 Å². The third kappa shape index (κ3) is 3.30. The fourth-order valence-electron chi connectivity index (χ4n) is 10.4. The Morgan fingerprint density at radius 2 is 1.63 bits per heavy atom. The molecule has 0 aromatic heterocycles. The predicted molar refractivity (Wildman–Crippen MR) is 136 cm³/mol. The Hall–Kier alpha value is -0.460. The Labute approximate surface area is 212 Å². The normalized spacial score (nSPS) is 55.0. The van der Waals surface area contributed by atoms with Gasteiger partial charge in [-0.15, -0.1) is 0 Å². The van der Waals surface area contributed by atoms with E-state index in [0.29, 0.717) is 42.9 Å². The molecule has 0 amide bonds. The van der Waals surface area contributed by atoms with E-state index in [0.717, 1.165) is 18.4 Å². The zero-order valence-corrected chi connectivity index (χ0v) is 22.7. The second kappa shape index (κ2) is 8.27. The summed E-state index contributed by atoms with van der Waals surface area (Å²) in [5.41, 5.74) is -1.30. The van der Waals surface area contributed by atoms with Gasteiger partial charge in [-0.1, -0.05) is 53.2 Å². The fraction of sp³-hybridized carbons (Fsp3) is 0.933. The molecule has 0 aromatic rings. The van der Waals surface area contributed by atoms with Crippen LogP contribution in [0, 0.1) is 57.7 Å². The SMILES string of the molecule is CC(C)C(C)C1(C)CC1C(CO)C1CCC2C3CC=C4CC(O)CC(O)C4(C)C3(O)C(O)CC12C. The number of allylic oxidation sites excluding steroid dienone is 1. The third-order valence-corrected chi connectivity index (χ3v) is 13.0. The van der Waals surface area contributed by atoms with Crippen molar-refractivity contribution in [1.29, 1.82) is 0 Å². The number of aliphatic hydroxyl groups excluding tert-OH is 4. The lowest BCUT2D eigenvalue weighted by Crippen LogP contribution is -2.72. The van der Waals surface area contributed by atoms with Crippen LogP contribution in [0.3, 0.4) is 0 Å². The van der Waals surface area contributed by atoms with E-state index < -0.39 is 29.3 Å². The Bertz CT molecular complexity index is 871. The van der Waals surface area contributed by atoms with Gasteiger partial charge in [-0.3, -0.25) is 0 Å². The maximum absolute atomic E-state index is 12.4. The van der Waals surface area contributed by atoms with Gasteiger partial charge in [0.25, 0.3) is 0 Å². The second-order valence-electron chi connectivity index (χ2n) is 14.4. The number of rotatable bonds is 5. The standard InChI is InChI=1S/C30H50O5/c1-16(2)17(3)27(4)13-24(27)20(15-31)21-9-10-22-23-8-7-18-11-19(32)12-25(33)29(18,6)30(23,35)26(34)14-28(21,22)5/h7,16-17,19-26,31-35H,8-15H2,1-6H3. The first kappa shape index (κ1) is 26.2. The Kier molecular flexibility index (Phi) is 6.18. The number of hydrogen-bond donors (Lipinski definition) is 5. The summed E-state index contributed by atoms with van der Waals surface area (Å²) in [5.74, 6) is 2.43. The van der Waals surface area contributed by atoms with Crippen LogP contribution < -0.4 is 0 Å². The summed E-state index contributed by atoms with van der Waals surface area (Å²) >= 11 is 0. The van der Waals surface area contributed by atoms with E-state index in [4.69, 9.17) is 0 Å². The summed E-state index contributed by atoms with van der Waals surface area (Å²) in [5, 5.41) is 56.3. The van der Waals surface area contributed by atoms with Gasteiger partial charge in [0, 0.05) is 18.4 Å². The van der Waals surface area contributed by atoms with Crippen molar-refractivity contribution >= 4 is 0 Å². The van der Waals surface area contributed by atoms with Crippen LogP contribution in [0.4, 0.5) is 0 Å². The van der Waals surface area contributed by atoms with Gasteiger partial charge < -0.3 is 25.5 Å². The molecule has 5 aliphatic carbocycles. The summed E-state index contributed by atoms with van der Waals surface area (Å²) in [4.78, 5) is 0. The van der Waals surface area contributed by atoms with Gasteiger partial charge in [0.05, 0.1) is 18.3 Å². The lowest BCUT2D eigenvalue weighted by Gasteiger charge is -2.65. The minimum absolute atomic E-state index is 0.126. The highest BCUT2D eigenvalue weighted by Gasteiger charge is 2.72. The highest BCUT2D eigenvalue weighted by atomic mass is 16.3. The largest absolute Gasteiger partial charge is 0.396 e. The fourth-order valence-corrected chi connectivity index (χ4v) is 10.4. The third-order valence-electron chi connectivity index (χ3n) is 13.0. The molecular formula is C30H50O5. The zero-order chi connectivity index (χ0) is 25.7. The molecule has 35 heavy (non-hydrogen) atoms. The molecule has 0 saturated heterocycles. The molecule has 4 fully saturated rings. The summed E-state index contributed by atoms with van der Waals surface area (Å²) in [6.45, 7) is 13.8. The molecule has 13 unspecified atom stereocenters. The van der Waals surface area contributed by atoms with Crippen molar-refractivity contribution in [3.63, 3.8) is 0 Å².